The van der Waals surface area contributed by atoms with Crippen molar-refractivity contribution < 1.29 is 15.3 Å². The molecular formula is C13H19N3O4S. The fourth-order valence-electron chi connectivity index (χ4n) is 1.97. The van der Waals surface area contributed by atoms with E-state index < -0.39 is 25.4 Å². The minimum absolute atomic E-state index is 0.128. The van der Waals surface area contributed by atoms with Crippen LogP contribution in [0, 0.1) is 13.8 Å². The maximum atomic E-state index is 12.1. The Bertz CT molecular complexity index is 682. The largest absolute Gasteiger partial charge is 0.394 e. The molecule has 0 aliphatic heterocycles. The van der Waals surface area contributed by atoms with Crippen LogP contribution in [0.1, 0.15) is 16.3 Å². The van der Waals surface area contributed by atoms with Crippen molar-refractivity contribution in [2.45, 2.75) is 25.9 Å². The molecule has 0 saturated heterocycles. The fourth-order valence-corrected chi connectivity index (χ4v) is 3.02. The molecule has 0 aromatic carbocycles. The lowest BCUT2D eigenvalue weighted by atomic mass is 10.0. The van der Waals surface area contributed by atoms with Gasteiger partial charge < -0.3 is 20.3 Å². The number of thiophene rings is 1. The van der Waals surface area contributed by atoms with Crippen LogP contribution in [0.4, 0.5) is 0 Å². The number of aromatic amines is 1. The molecule has 0 aliphatic rings. The molecule has 116 valence electrons. The zero-order valence-corrected chi connectivity index (χ0v) is 12.8. The zero-order valence-electron chi connectivity index (χ0n) is 11.9. The minimum Gasteiger partial charge on any atom is -0.394 e. The van der Waals surface area contributed by atoms with Crippen LogP contribution in [-0.2, 0) is 6.54 Å². The second kappa shape index (κ2) is 6.20. The maximum Gasteiger partial charge on any atom is 0.259 e. The van der Waals surface area contributed by atoms with Crippen molar-refractivity contribution in [3.8, 4) is 0 Å². The lowest BCUT2D eigenvalue weighted by Crippen LogP contribution is -2.54. The number of aliphatic hydroxyl groups excluding tert-OH is 3. The highest BCUT2D eigenvalue weighted by atomic mass is 32.1. The van der Waals surface area contributed by atoms with Gasteiger partial charge in [-0.25, -0.2) is 4.98 Å². The van der Waals surface area contributed by atoms with Crippen molar-refractivity contribution in [1.82, 2.24) is 15.3 Å². The summed E-state index contributed by atoms with van der Waals surface area (Å²) in [6.07, 6.45) is 0. The predicted molar refractivity (Wildman–Crippen MR) is 80.5 cm³/mol. The van der Waals surface area contributed by atoms with E-state index in [1.165, 1.54) is 11.3 Å². The first kappa shape index (κ1) is 16.1. The van der Waals surface area contributed by atoms with Crippen LogP contribution >= 0.6 is 11.3 Å². The van der Waals surface area contributed by atoms with Gasteiger partial charge in [0.1, 0.15) is 10.7 Å². The number of nitrogens with one attached hydrogen (secondary N) is 2. The van der Waals surface area contributed by atoms with Crippen LogP contribution in [0.2, 0.25) is 0 Å². The lowest BCUT2D eigenvalue weighted by Gasteiger charge is -2.28. The highest BCUT2D eigenvalue weighted by molar-refractivity contribution is 7.18. The number of aromatic nitrogens is 2. The molecule has 5 N–H and O–H groups in total. The van der Waals surface area contributed by atoms with E-state index in [4.69, 9.17) is 0 Å². The topological polar surface area (TPSA) is 118 Å². The Morgan fingerprint density at radius 1 is 1.24 bits per heavy atom. The molecule has 0 bridgehead atoms. The molecule has 0 amide bonds. The molecule has 0 atom stereocenters. The van der Waals surface area contributed by atoms with Gasteiger partial charge in [-0.1, -0.05) is 0 Å². The molecule has 2 rings (SSSR count). The van der Waals surface area contributed by atoms with Crippen molar-refractivity contribution in [3.05, 3.63) is 26.6 Å². The molecule has 8 heteroatoms. The standard InChI is InChI=1S/C13H19N3O4S/c1-7-8(2)21-12-10(7)11(20)15-9(16-12)3-14-13(4-17,5-18)6-19/h14,17-19H,3-6H2,1-2H3,(H,15,16,20). The van der Waals surface area contributed by atoms with E-state index in [1.54, 1.807) is 0 Å². The Balaban J connectivity index is 2.30. The summed E-state index contributed by atoms with van der Waals surface area (Å²) < 4.78 is 0. The molecule has 0 fully saturated rings. The van der Waals surface area contributed by atoms with Gasteiger partial charge in [0.2, 0.25) is 0 Å². The summed E-state index contributed by atoms with van der Waals surface area (Å²) in [5.41, 5.74) is -0.477. The number of nitrogens with zero attached hydrogens (tertiary/aromatic N) is 1. The highest BCUT2D eigenvalue weighted by Gasteiger charge is 2.27. The average molecular weight is 313 g/mol. The summed E-state index contributed by atoms with van der Waals surface area (Å²) in [5.74, 6) is 0.397. The molecule has 0 spiro atoms. The number of hydrogen-bond acceptors (Lipinski definition) is 7. The molecule has 7 nitrogen and oxygen atoms in total. The summed E-state index contributed by atoms with van der Waals surface area (Å²) in [4.78, 5) is 20.9. The predicted octanol–water partition coefficient (Wildman–Crippen LogP) is -0.593. The minimum atomic E-state index is -1.20. The van der Waals surface area contributed by atoms with Crippen molar-refractivity contribution in [3.63, 3.8) is 0 Å². The molecule has 0 aliphatic carbocycles. The second-order valence-corrected chi connectivity index (χ2v) is 6.29. The first-order chi connectivity index (χ1) is 9.96. The fraction of sp³-hybridized carbons (Fsp3) is 0.538. The normalized spacial score (nSPS) is 12.2. The summed E-state index contributed by atoms with van der Waals surface area (Å²) >= 11 is 1.45. The third-order valence-corrected chi connectivity index (χ3v) is 4.73. The van der Waals surface area contributed by atoms with Crippen LogP contribution in [0.5, 0.6) is 0 Å². The Labute approximate surface area is 125 Å². The van der Waals surface area contributed by atoms with Gasteiger partial charge >= 0.3 is 0 Å². The Hall–Kier alpha value is -1.32. The van der Waals surface area contributed by atoms with E-state index in [9.17, 15) is 20.1 Å². The van der Waals surface area contributed by atoms with Gasteiger partial charge in [0.25, 0.3) is 5.56 Å². The quantitative estimate of drug-likeness (QED) is 0.486. The maximum absolute atomic E-state index is 12.1. The van der Waals surface area contributed by atoms with E-state index in [0.29, 0.717) is 16.0 Å². The van der Waals surface area contributed by atoms with Gasteiger partial charge in [0, 0.05) is 4.88 Å². The van der Waals surface area contributed by atoms with Gasteiger partial charge in [-0.3, -0.25) is 10.1 Å². The number of hydrogen-bond donors (Lipinski definition) is 5. The van der Waals surface area contributed by atoms with Crippen LogP contribution in [0.15, 0.2) is 4.79 Å². The smallest absolute Gasteiger partial charge is 0.259 e. The number of aliphatic hydroxyl groups is 3. The third-order valence-electron chi connectivity index (χ3n) is 3.63. The van der Waals surface area contributed by atoms with Gasteiger partial charge in [-0.05, 0) is 19.4 Å². The number of aryl methyl sites for hydroxylation is 2. The Kier molecular flexibility index (Phi) is 4.74. The molecular weight excluding hydrogens is 294 g/mol. The van der Waals surface area contributed by atoms with Gasteiger partial charge in [0.05, 0.1) is 37.3 Å². The lowest BCUT2D eigenvalue weighted by molar-refractivity contribution is 0.0409. The first-order valence-corrected chi connectivity index (χ1v) is 7.34. The van der Waals surface area contributed by atoms with E-state index >= 15 is 0 Å². The molecule has 2 heterocycles. The molecule has 0 radical (unpaired) electrons. The van der Waals surface area contributed by atoms with Gasteiger partial charge in [0.15, 0.2) is 0 Å². The van der Waals surface area contributed by atoms with Crippen LogP contribution < -0.4 is 10.9 Å². The van der Waals surface area contributed by atoms with E-state index in [0.717, 1.165) is 10.4 Å². The number of H-pyrrole nitrogens is 1. The van der Waals surface area contributed by atoms with Crippen molar-refractivity contribution >= 4 is 21.6 Å². The summed E-state index contributed by atoms with van der Waals surface area (Å²) in [6, 6.07) is 0. The summed E-state index contributed by atoms with van der Waals surface area (Å²) in [6.45, 7) is 2.67. The number of fused-ring (bicyclic) bond motifs is 1. The monoisotopic (exact) mass is 313 g/mol. The molecule has 2 aromatic rings. The van der Waals surface area contributed by atoms with Crippen LogP contribution in [0.25, 0.3) is 10.2 Å². The molecule has 0 unspecified atom stereocenters. The Morgan fingerprint density at radius 3 is 2.43 bits per heavy atom. The molecule has 0 saturated carbocycles. The SMILES string of the molecule is Cc1sc2nc(CNC(CO)(CO)CO)[nH]c(=O)c2c1C. The van der Waals surface area contributed by atoms with Crippen molar-refractivity contribution in [1.29, 1.82) is 0 Å². The van der Waals surface area contributed by atoms with E-state index in [2.05, 4.69) is 15.3 Å². The first-order valence-electron chi connectivity index (χ1n) is 6.53. The molecule has 21 heavy (non-hydrogen) atoms. The second-order valence-electron chi connectivity index (χ2n) is 5.08. The molecule has 2 aromatic heterocycles. The average Bonchev–Trinajstić information content (AvgIpc) is 2.76. The van der Waals surface area contributed by atoms with Crippen molar-refractivity contribution in [2.24, 2.45) is 0 Å². The summed E-state index contributed by atoms with van der Waals surface area (Å²) in [7, 11) is 0. The van der Waals surface area contributed by atoms with E-state index in [-0.39, 0.29) is 12.1 Å². The van der Waals surface area contributed by atoms with Crippen molar-refractivity contribution in [2.75, 3.05) is 19.8 Å². The third kappa shape index (κ3) is 2.99. The Morgan fingerprint density at radius 2 is 1.86 bits per heavy atom. The van der Waals surface area contributed by atoms with Gasteiger partial charge in [-0.15, -0.1) is 11.3 Å². The van der Waals surface area contributed by atoms with Crippen LogP contribution in [0.3, 0.4) is 0 Å². The zero-order chi connectivity index (χ0) is 15.6. The van der Waals surface area contributed by atoms with Crippen LogP contribution in [-0.4, -0.2) is 50.6 Å². The van der Waals surface area contributed by atoms with Gasteiger partial charge in [-0.2, -0.15) is 0 Å². The summed E-state index contributed by atoms with van der Waals surface area (Å²) in [5, 5.41) is 31.2. The number of rotatable bonds is 6. The highest BCUT2D eigenvalue weighted by Crippen LogP contribution is 2.25. The van der Waals surface area contributed by atoms with E-state index in [1.807, 2.05) is 13.8 Å².